The highest BCUT2D eigenvalue weighted by Crippen LogP contribution is 2.32. The van der Waals surface area contributed by atoms with Gasteiger partial charge in [0.25, 0.3) is 11.4 Å². The van der Waals surface area contributed by atoms with Crippen molar-refractivity contribution in [3.8, 4) is 5.75 Å². The van der Waals surface area contributed by atoms with Gasteiger partial charge < -0.3 is 0 Å². The van der Waals surface area contributed by atoms with Gasteiger partial charge in [0.1, 0.15) is 0 Å². The average Bonchev–Trinajstić information content (AvgIpc) is 2.53. The van der Waals surface area contributed by atoms with E-state index in [9.17, 15) is 25.0 Å². The van der Waals surface area contributed by atoms with Gasteiger partial charge in [-0.25, -0.2) is 9.68 Å². The maximum atomic E-state index is 11.8. The number of nitrogens with zero attached hydrogens (tertiary/aromatic N) is 2. The van der Waals surface area contributed by atoms with Crippen LogP contribution in [0.4, 0.5) is 11.4 Å². The fraction of sp³-hybridized carbons (Fsp3) is 0.462. The number of rotatable bonds is 5. The minimum atomic E-state index is -0.837. The van der Waals surface area contributed by atoms with Crippen molar-refractivity contribution in [3.63, 3.8) is 0 Å². The van der Waals surface area contributed by atoms with Gasteiger partial charge in [-0.3, -0.25) is 25.1 Å². The molecule has 0 atom stereocenters. The second-order valence-electron chi connectivity index (χ2n) is 4.99. The first kappa shape index (κ1) is 15.7. The van der Waals surface area contributed by atoms with Crippen LogP contribution < -0.4 is 4.89 Å². The third-order valence-corrected chi connectivity index (χ3v) is 3.50. The van der Waals surface area contributed by atoms with Gasteiger partial charge in [0, 0.05) is 6.07 Å². The zero-order valence-corrected chi connectivity index (χ0v) is 11.6. The molecule has 0 spiro atoms. The smallest absolute Gasteiger partial charge is 0.279 e. The Morgan fingerprint density at radius 2 is 1.77 bits per heavy atom. The predicted molar refractivity (Wildman–Crippen MR) is 73.0 cm³/mol. The molecule has 1 saturated carbocycles. The molecule has 0 amide bonds. The van der Waals surface area contributed by atoms with Crippen LogP contribution in [-0.2, 0) is 9.68 Å². The van der Waals surface area contributed by atoms with Crippen molar-refractivity contribution in [2.75, 3.05) is 0 Å². The van der Waals surface area contributed by atoms with E-state index in [2.05, 4.69) is 4.89 Å². The summed E-state index contributed by atoms with van der Waals surface area (Å²) in [5.41, 5.74) is -1.08. The number of benzene rings is 1. The molecule has 0 radical (unpaired) electrons. The molecule has 0 bridgehead atoms. The number of nitro benzene ring substituents is 2. The average molecular weight is 310 g/mol. The molecule has 1 aromatic carbocycles. The minimum absolute atomic E-state index is 0.272. The second-order valence-corrected chi connectivity index (χ2v) is 4.99. The molecule has 22 heavy (non-hydrogen) atoms. The SMILES string of the molecule is O=C(OOc1ccc([N+](=O)[O-])cc1[N+](=O)[O-])C1CCCCC1. The van der Waals surface area contributed by atoms with Crippen LogP contribution in [0.15, 0.2) is 18.2 Å². The zero-order chi connectivity index (χ0) is 16.1. The summed E-state index contributed by atoms with van der Waals surface area (Å²) in [6.07, 6.45) is 4.32. The Kier molecular flexibility index (Phi) is 4.87. The Labute approximate surface area is 125 Å². The Morgan fingerprint density at radius 1 is 1.09 bits per heavy atom. The van der Waals surface area contributed by atoms with E-state index in [-0.39, 0.29) is 11.7 Å². The van der Waals surface area contributed by atoms with Gasteiger partial charge in [0.2, 0.25) is 0 Å². The number of nitro groups is 2. The number of non-ortho nitro benzene ring substituents is 1. The first-order chi connectivity index (χ1) is 10.5. The van der Waals surface area contributed by atoms with E-state index in [4.69, 9.17) is 4.89 Å². The number of carbonyl (C=O) groups is 1. The highest BCUT2D eigenvalue weighted by Gasteiger charge is 2.26. The van der Waals surface area contributed by atoms with Crippen LogP contribution >= 0.6 is 0 Å². The molecule has 118 valence electrons. The highest BCUT2D eigenvalue weighted by atomic mass is 17.2. The maximum absolute atomic E-state index is 11.8. The summed E-state index contributed by atoms with van der Waals surface area (Å²) in [7, 11) is 0. The van der Waals surface area contributed by atoms with Crippen molar-refractivity contribution in [2.45, 2.75) is 32.1 Å². The normalized spacial score (nSPS) is 15.1. The first-order valence-electron chi connectivity index (χ1n) is 6.80. The van der Waals surface area contributed by atoms with Crippen molar-refractivity contribution in [1.82, 2.24) is 0 Å². The Morgan fingerprint density at radius 3 is 2.36 bits per heavy atom. The Hall–Kier alpha value is -2.71. The van der Waals surface area contributed by atoms with Crippen molar-refractivity contribution in [2.24, 2.45) is 5.92 Å². The molecular formula is C13H14N2O7. The van der Waals surface area contributed by atoms with Gasteiger partial charge in [-0.1, -0.05) is 19.3 Å². The van der Waals surface area contributed by atoms with Crippen LogP contribution in [0.5, 0.6) is 5.75 Å². The van der Waals surface area contributed by atoms with Gasteiger partial charge in [0.15, 0.2) is 0 Å². The molecule has 2 rings (SSSR count). The van der Waals surface area contributed by atoms with Crippen molar-refractivity contribution >= 4 is 17.3 Å². The standard InChI is InChI=1S/C13H14N2O7/c16-13(9-4-2-1-3-5-9)22-21-12-7-6-10(14(17)18)8-11(12)15(19)20/h6-9H,1-5H2. The highest BCUT2D eigenvalue weighted by molar-refractivity contribution is 5.72. The maximum Gasteiger partial charge on any atom is 0.358 e. The molecule has 9 heteroatoms. The lowest BCUT2D eigenvalue weighted by molar-refractivity contribution is -0.396. The quantitative estimate of drug-likeness (QED) is 0.465. The summed E-state index contributed by atoms with van der Waals surface area (Å²) in [4.78, 5) is 41.1. The molecule has 0 unspecified atom stereocenters. The van der Waals surface area contributed by atoms with Crippen LogP contribution in [0.2, 0.25) is 0 Å². The number of carbonyl (C=O) groups excluding carboxylic acids is 1. The van der Waals surface area contributed by atoms with Crippen molar-refractivity contribution in [1.29, 1.82) is 0 Å². The molecule has 1 aromatic rings. The van der Waals surface area contributed by atoms with Crippen LogP contribution in [0, 0.1) is 26.1 Å². The summed E-state index contributed by atoms with van der Waals surface area (Å²) in [6, 6.07) is 2.82. The Bertz CT molecular complexity index is 596. The molecule has 9 nitrogen and oxygen atoms in total. The Balaban J connectivity index is 2.07. The van der Waals surface area contributed by atoms with Crippen molar-refractivity contribution < 1.29 is 24.4 Å². The molecule has 1 fully saturated rings. The van der Waals surface area contributed by atoms with Crippen LogP contribution in [-0.4, -0.2) is 15.8 Å². The lowest BCUT2D eigenvalue weighted by atomic mass is 9.89. The van der Waals surface area contributed by atoms with E-state index < -0.39 is 27.2 Å². The third kappa shape index (κ3) is 3.68. The second kappa shape index (κ2) is 6.83. The zero-order valence-electron chi connectivity index (χ0n) is 11.6. The summed E-state index contributed by atoms with van der Waals surface area (Å²) in [5, 5.41) is 21.5. The summed E-state index contributed by atoms with van der Waals surface area (Å²) >= 11 is 0. The van der Waals surface area contributed by atoms with Crippen LogP contribution in [0.25, 0.3) is 0 Å². The lowest BCUT2D eigenvalue weighted by Gasteiger charge is -2.18. The molecule has 0 heterocycles. The van der Waals surface area contributed by atoms with E-state index in [0.717, 1.165) is 37.5 Å². The minimum Gasteiger partial charge on any atom is -0.279 e. The molecule has 0 saturated heterocycles. The van der Waals surface area contributed by atoms with Crippen molar-refractivity contribution in [3.05, 3.63) is 38.4 Å². The predicted octanol–water partition coefficient (Wildman–Crippen LogP) is 2.92. The van der Waals surface area contributed by atoms with E-state index >= 15 is 0 Å². The van der Waals surface area contributed by atoms with Gasteiger partial charge >= 0.3 is 11.7 Å². The summed E-state index contributed by atoms with van der Waals surface area (Å²) < 4.78 is 0. The molecule has 1 aliphatic rings. The first-order valence-corrected chi connectivity index (χ1v) is 6.80. The van der Waals surface area contributed by atoms with Crippen LogP contribution in [0.1, 0.15) is 32.1 Å². The van der Waals surface area contributed by atoms with Gasteiger partial charge in [-0.05, 0) is 18.9 Å². The topological polar surface area (TPSA) is 122 Å². The fourth-order valence-corrected chi connectivity index (χ4v) is 2.32. The lowest BCUT2D eigenvalue weighted by Crippen LogP contribution is -2.21. The monoisotopic (exact) mass is 310 g/mol. The van der Waals surface area contributed by atoms with E-state index in [0.29, 0.717) is 12.8 Å². The number of hydrogen-bond donors (Lipinski definition) is 0. The van der Waals surface area contributed by atoms with Gasteiger partial charge in [-0.2, -0.15) is 0 Å². The van der Waals surface area contributed by atoms with Crippen LogP contribution in [0.3, 0.4) is 0 Å². The fourth-order valence-electron chi connectivity index (χ4n) is 2.32. The van der Waals surface area contributed by atoms with E-state index in [1.807, 2.05) is 0 Å². The molecule has 1 aliphatic carbocycles. The molecule has 0 aromatic heterocycles. The van der Waals surface area contributed by atoms with E-state index in [1.54, 1.807) is 0 Å². The summed E-state index contributed by atoms with van der Waals surface area (Å²) in [6.45, 7) is 0. The largest absolute Gasteiger partial charge is 0.358 e. The van der Waals surface area contributed by atoms with Gasteiger partial charge in [-0.15, -0.1) is 0 Å². The molecule has 0 N–H and O–H groups in total. The summed E-state index contributed by atoms with van der Waals surface area (Å²) in [5.74, 6) is -1.20. The van der Waals surface area contributed by atoms with E-state index in [1.165, 1.54) is 0 Å². The third-order valence-electron chi connectivity index (χ3n) is 3.50. The molecule has 0 aliphatic heterocycles. The molecular weight excluding hydrogens is 296 g/mol. The van der Waals surface area contributed by atoms with Gasteiger partial charge in [0.05, 0.1) is 21.8 Å². The number of hydrogen-bond acceptors (Lipinski definition) is 7.